The van der Waals surface area contributed by atoms with Crippen LogP contribution in [-0.4, -0.2) is 32.3 Å². The maximum atomic E-state index is 12.1. The van der Waals surface area contributed by atoms with Crippen molar-refractivity contribution in [3.63, 3.8) is 0 Å². The van der Waals surface area contributed by atoms with Gasteiger partial charge in [0.2, 0.25) is 10.0 Å². The van der Waals surface area contributed by atoms with Gasteiger partial charge in [-0.3, -0.25) is 0 Å². The molecule has 0 bridgehead atoms. The second kappa shape index (κ2) is 5.94. The Morgan fingerprint density at radius 1 is 1.35 bits per heavy atom. The number of aliphatic hydroxyl groups excluding tert-OH is 1. The van der Waals surface area contributed by atoms with Gasteiger partial charge in [-0.2, -0.15) is 13.2 Å². The molecular formula is C9H9Cl2F3N2O3S. The van der Waals surface area contributed by atoms with Crippen molar-refractivity contribution in [3.05, 3.63) is 22.2 Å². The van der Waals surface area contributed by atoms with Crippen LogP contribution < -0.4 is 10.5 Å². The van der Waals surface area contributed by atoms with Gasteiger partial charge in [0.15, 0.2) is 6.10 Å². The third-order valence-corrected chi connectivity index (χ3v) is 4.32. The minimum absolute atomic E-state index is 0.0711. The number of rotatable bonds is 4. The van der Waals surface area contributed by atoms with Gasteiger partial charge >= 0.3 is 6.18 Å². The fraction of sp³-hybridized carbons (Fsp3) is 0.333. The van der Waals surface area contributed by atoms with E-state index in [2.05, 4.69) is 0 Å². The second-order valence-corrected chi connectivity index (χ2v) is 6.26. The lowest BCUT2D eigenvalue weighted by Crippen LogP contribution is -2.40. The highest BCUT2D eigenvalue weighted by atomic mass is 35.5. The second-order valence-electron chi connectivity index (χ2n) is 3.72. The zero-order valence-electron chi connectivity index (χ0n) is 9.58. The van der Waals surface area contributed by atoms with E-state index in [4.69, 9.17) is 34.0 Å². The van der Waals surface area contributed by atoms with Crippen molar-refractivity contribution in [2.75, 3.05) is 12.3 Å². The Bertz CT molecular complexity index is 584. The molecule has 5 nitrogen and oxygen atoms in total. The molecule has 114 valence electrons. The first-order chi connectivity index (χ1) is 8.95. The van der Waals surface area contributed by atoms with E-state index in [0.717, 1.165) is 12.1 Å². The van der Waals surface area contributed by atoms with Gasteiger partial charge in [-0.05, 0) is 12.1 Å². The van der Waals surface area contributed by atoms with Crippen molar-refractivity contribution in [2.45, 2.75) is 17.2 Å². The molecule has 4 N–H and O–H groups in total. The summed E-state index contributed by atoms with van der Waals surface area (Å²) in [7, 11) is -4.42. The third-order valence-electron chi connectivity index (χ3n) is 2.15. The number of hydrogen-bond donors (Lipinski definition) is 3. The Morgan fingerprint density at radius 2 is 1.90 bits per heavy atom. The van der Waals surface area contributed by atoms with E-state index in [1.807, 2.05) is 0 Å². The van der Waals surface area contributed by atoms with Gasteiger partial charge in [-0.1, -0.05) is 23.2 Å². The first kappa shape index (κ1) is 17.3. The number of alkyl halides is 3. The minimum Gasteiger partial charge on any atom is -0.398 e. The molecule has 0 aliphatic carbocycles. The van der Waals surface area contributed by atoms with E-state index in [0.29, 0.717) is 0 Å². The summed E-state index contributed by atoms with van der Waals surface area (Å²) in [6, 6.07) is 2.16. The van der Waals surface area contributed by atoms with Crippen molar-refractivity contribution < 1.29 is 26.7 Å². The SMILES string of the molecule is Nc1cc(Cl)cc(Cl)c1S(=O)(=O)NCC(O)C(F)(F)F. The summed E-state index contributed by atoms with van der Waals surface area (Å²) in [5, 5.41) is 8.47. The van der Waals surface area contributed by atoms with Crippen LogP contribution in [0.2, 0.25) is 10.0 Å². The Morgan fingerprint density at radius 3 is 2.35 bits per heavy atom. The highest BCUT2D eigenvalue weighted by Gasteiger charge is 2.39. The highest BCUT2D eigenvalue weighted by Crippen LogP contribution is 2.31. The van der Waals surface area contributed by atoms with Crippen LogP contribution in [0.5, 0.6) is 0 Å². The molecule has 20 heavy (non-hydrogen) atoms. The van der Waals surface area contributed by atoms with Crippen molar-refractivity contribution in [1.82, 2.24) is 4.72 Å². The third kappa shape index (κ3) is 4.13. The molecule has 1 rings (SSSR count). The first-order valence-corrected chi connectivity index (χ1v) is 7.18. The normalized spacial score (nSPS) is 14.3. The smallest absolute Gasteiger partial charge is 0.398 e. The van der Waals surface area contributed by atoms with Gasteiger partial charge in [0.05, 0.1) is 10.7 Å². The molecule has 0 aliphatic heterocycles. The number of anilines is 1. The van der Waals surface area contributed by atoms with Gasteiger partial charge in [0.1, 0.15) is 4.90 Å². The summed E-state index contributed by atoms with van der Waals surface area (Å²) in [6.07, 6.45) is -7.79. The van der Waals surface area contributed by atoms with E-state index < -0.39 is 33.7 Å². The maximum Gasteiger partial charge on any atom is 0.415 e. The lowest BCUT2D eigenvalue weighted by atomic mass is 10.3. The molecule has 0 saturated heterocycles. The molecule has 1 aromatic rings. The largest absolute Gasteiger partial charge is 0.415 e. The van der Waals surface area contributed by atoms with Gasteiger partial charge in [-0.15, -0.1) is 0 Å². The highest BCUT2D eigenvalue weighted by molar-refractivity contribution is 7.89. The Hall–Kier alpha value is -0.740. The van der Waals surface area contributed by atoms with Crippen LogP contribution in [-0.2, 0) is 10.0 Å². The topological polar surface area (TPSA) is 92.4 Å². The molecule has 1 unspecified atom stereocenters. The molecule has 0 aliphatic rings. The molecule has 0 amide bonds. The molecule has 0 heterocycles. The molecule has 0 saturated carbocycles. The van der Waals surface area contributed by atoms with Crippen molar-refractivity contribution in [3.8, 4) is 0 Å². The van der Waals surface area contributed by atoms with Crippen molar-refractivity contribution in [1.29, 1.82) is 0 Å². The Labute approximate surface area is 122 Å². The van der Waals surface area contributed by atoms with E-state index in [1.54, 1.807) is 4.72 Å². The summed E-state index contributed by atoms with van der Waals surface area (Å²) in [5.74, 6) is 0. The quantitative estimate of drug-likeness (QED) is 0.720. The van der Waals surface area contributed by atoms with Crippen LogP contribution in [0, 0.1) is 0 Å². The summed E-state index contributed by atoms with van der Waals surface area (Å²) >= 11 is 11.2. The summed E-state index contributed by atoms with van der Waals surface area (Å²) in [6.45, 7) is -1.26. The van der Waals surface area contributed by atoms with Crippen LogP contribution >= 0.6 is 23.2 Å². The number of benzene rings is 1. The molecule has 1 aromatic carbocycles. The number of nitrogens with two attached hydrogens (primary N) is 1. The lowest BCUT2D eigenvalue weighted by Gasteiger charge is -2.16. The van der Waals surface area contributed by atoms with E-state index in [9.17, 15) is 21.6 Å². The molecule has 0 radical (unpaired) electrons. The van der Waals surface area contributed by atoms with Crippen LogP contribution in [0.3, 0.4) is 0 Å². The van der Waals surface area contributed by atoms with E-state index >= 15 is 0 Å². The van der Waals surface area contributed by atoms with E-state index in [1.165, 1.54) is 0 Å². The number of nitrogens with one attached hydrogen (secondary N) is 1. The molecule has 0 spiro atoms. The predicted octanol–water partition coefficient (Wildman–Crippen LogP) is 1.78. The lowest BCUT2D eigenvalue weighted by molar-refractivity contribution is -0.200. The monoisotopic (exact) mass is 352 g/mol. The van der Waals surface area contributed by atoms with Crippen molar-refractivity contribution in [2.24, 2.45) is 0 Å². The van der Waals surface area contributed by atoms with Gasteiger partial charge in [-0.25, -0.2) is 13.1 Å². The Kier molecular flexibility index (Phi) is 5.14. The summed E-state index contributed by atoms with van der Waals surface area (Å²) in [5.41, 5.74) is 5.11. The van der Waals surface area contributed by atoms with Gasteiger partial charge in [0.25, 0.3) is 0 Å². The van der Waals surface area contributed by atoms with Gasteiger partial charge in [0, 0.05) is 11.6 Å². The van der Waals surface area contributed by atoms with Crippen molar-refractivity contribution >= 4 is 38.9 Å². The standard InChI is InChI=1S/C9H9Cl2F3N2O3S/c10-4-1-5(11)8(6(15)2-4)20(18,19)16-3-7(17)9(12,13)14/h1-2,7,16-17H,3,15H2. The van der Waals surface area contributed by atoms with Crippen LogP contribution in [0.15, 0.2) is 17.0 Å². The molecular weight excluding hydrogens is 344 g/mol. The Balaban J connectivity index is 3.02. The predicted molar refractivity (Wildman–Crippen MR) is 68.1 cm³/mol. The van der Waals surface area contributed by atoms with E-state index in [-0.39, 0.29) is 15.7 Å². The fourth-order valence-electron chi connectivity index (χ4n) is 1.24. The first-order valence-electron chi connectivity index (χ1n) is 4.94. The summed E-state index contributed by atoms with van der Waals surface area (Å²) in [4.78, 5) is -0.599. The zero-order valence-corrected chi connectivity index (χ0v) is 11.9. The van der Waals surface area contributed by atoms with Gasteiger partial charge < -0.3 is 10.8 Å². The molecule has 0 fully saturated rings. The number of sulfonamides is 1. The zero-order chi connectivity index (χ0) is 15.7. The molecule has 0 aromatic heterocycles. The van der Waals surface area contributed by atoms with Crippen LogP contribution in [0.1, 0.15) is 0 Å². The number of nitrogen functional groups attached to an aromatic ring is 1. The molecule has 1 atom stereocenters. The van der Waals surface area contributed by atoms with Crippen LogP contribution in [0.4, 0.5) is 18.9 Å². The number of halogens is 5. The minimum atomic E-state index is -4.95. The molecule has 11 heteroatoms. The van der Waals surface area contributed by atoms with Crippen LogP contribution in [0.25, 0.3) is 0 Å². The average Bonchev–Trinajstić information content (AvgIpc) is 2.22. The maximum absolute atomic E-state index is 12.1. The average molecular weight is 353 g/mol. The summed E-state index contributed by atoms with van der Waals surface area (Å²) < 4.78 is 61.5. The fourth-order valence-corrected chi connectivity index (χ4v) is 3.26. The number of aliphatic hydroxyl groups is 1. The number of hydrogen-bond acceptors (Lipinski definition) is 4.